The molecule has 1 aromatic heterocycles. The molecular formula is C8H9IO2S. The van der Waals surface area contributed by atoms with Crippen LogP contribution in [-0.4, -0.2) is 10.6 Å². The van der Waals surface area contributed by atoms with Crippen LogP contribution in [0.25, 0.3) is 0 Å². The van der Waals surface area contributed by atoms with E-state index in [1.807, 2.05) is 0 Å². The molecule has 0 fully saturated rings. The largest absolute Gasteiger partial charge is 0.454 e. The van der Waals surface area contributed by atoms with E-state index in [-0.39, 0.29) is 4.11 Å². The fourth-order valence-corrected chi connectivity index (χ4v) is 2.34. The normalized spacial score (nSPS) is 12.5. The third-order valence-corrected chi connectivity index (χ3v) is 3.19. The Morgan fingerprint density at radius 3 is 3.00 bits per heavy atom. The molecule has 1 heterocycles. The van der Waals surface area contributed by atoms with Gasteiger partial charge in [-0.2, -0.15) is 11.3 Å². The number of carbonyl (C=O) groups is 1. The van der Waals surface area contributed by atoms with Gasteiger partial charge in [-0.3, -0.25) is 4.79 Å². The molecule has 0 amide bonds. The van der Waals surface area contributed by atoms with E-state index in [1.54, 1.807) is 11.3 Å². The number of ether oxygens (including phenoxy) is 1. The molecule has 0 N–H and O–H groups in total. The van der Waals surface area contributed by atoms with Crippen LogP contribution in [-0.2, 0) is 16.0 Å². The van der Waals surface area contributed by atoms with E-state index < -0.39 is 0 Å². The standard InChI is InChI=1S/C8H9IO2S/c1-6-3-12-4-7(6)2-8(9)11-5-10/h3-5,8H,2H2,1H3. The van der Waals surface area contributed by atoms with E-state index in [1.165, 1.54) is 11.1 Å². The van der Waals surface area contributed by atoms with E-state index in [0.29, 0.717) is 6.47 Å². The van der Waals surface area contributed by atoms with Crippen molar-refractivity contribution >= 4 is 40.4 Å². The second-order valence-electron chi connectivity index (χ2n) is 2.43. The molecular weight excluding hydrogens is 287 g/mol. The monoisotopic (exact) mass is 296 g/mol. The maximum absolute atomic E-state index is 10.0. The van der Waals surface area contributed by atoms with Gasteiger partial charge >= 0.3 is 0 Å². The number of hydrogen-bond donors (Lipinski definition) is 0. The van der Waals surface area contributed by atoms with Gasteiger partial charge in [0.2, 0.25) is 0 Å². The molecule has 0 saturated carbocycles. The van der Waals surface area contributed by atoms with Gasteiger partial charge in [0.05, 0.1) is 0 Å². The van der Waals surface area contributed by atoms with E-state index >= 15 is 0 Å². The Morgan fingerprint density at radius 1 is 1.75 bits per heavy atom. The van der Waals surface area contributed by atoms with Gasteiger partial charge in [-0.25, -0.2) is 0 Å². The van der Waals surface area contributed by atoms with Crippen LogP contribution in [0.2, 0.25) is 0 Å². The van der Waals surface area contributed by atoms with E-state index in [2.05, 4.69) is 40.3 Å². The summed E-state index contributed by atoms with van der Waals surface area (Å²) in [6.07, 6.45) is 0.800. The van der Waals surface area contributed by atoms with Crippen molar-refractivity contribution < 1.29 is 9.53 Å². The van der Waals surface area contributed by atoms with Crippen LogP contribution >= 0.6 is 33.9 Å². The first-order valence-electron chi connectivity index (χ1n) is 3.49. The number of aryl methyl sites for hydroxylation is 1. The summed E-state index contributed by atoms with van der Waals surface area (Å²) in [4.78, 5) is 10.0. The third kappa shape index (κ3) is 2.75. The van der Waals surface area contributed by atoms with Gasteiger partial charge in [0.25, 0.3) is 6.47 Å². The molecule has 1 unspecified atom stereocenters. The number of rotatable bonds is 4. The molecule has 0 aliphatic rings. The van der Waals surface area contributed by atoms with Gasteiger partial charge in [0.15, 0.2) is 4.11 Å². The molecule has 2 nitrogen and oxygen atoms in total. The summed E-state index contributed by atoms with van der Waals surface area (Å²) in [5.41, 5.74) is 2.54. The first-order chi connectivity index (χ1) is 5.74. The number of alkyl halides is 1. The second-order valence-corrected chi connectivity index (χ2v) is 4.56. The van der Waals surface area contributed by atoms with E-state index in [4.69, 9.17) is 4.74 Å². The first-order valence-corrected chi connectivity index (χ1v) is 5.67. The van der Waals surface area contributed by atoms with Gasteiger partial charge in [0.1, 0.15) is 0 Å². The number of hydrogen-bond acceptors (Lipinski definition) is 3. The van der Waals surface area contributed by atoms with Crippen molar-refractivity contribution in [1.82, 2.24) is 0 Å². The maximum atomic E-state index is 10.0. The minimum absolute atomic E-state index is 0.0478. The highest BCUT2D eigenvalue weighted by molar-refractivity contribution is 14.1. The van der Waals surface area contributed by atoms with Gasteiger partial charge < -0.3 is 4.74 Å². The smallest absolute Gasteiger partial charge is 0.294 e. The Kier molecular flexibility index (Phi) is 4.00. The van der Waals surface area contributed by atoms with Crippen LogP contribution in [0.1, 0.15) is 11.1 Å². The minimum Gasteiger partial charge on any atom is -0.454 e. The second kappa shape index (κ2) is 4.81. The lowest BCUT2D eigenvalue weighted by Gasteiger charge is -2.06. The molecule has 0 saturated heterocycles. The highest BCUT2D eigenvalue weighted by Crippen LogP contribution is 2.18. The number of carbonyl (C=O) groups excluding carboxylic acids is 1. The lowest BCUT2D eigenvalue weighted by atomic mass is 10.2. The summed E-state index contributed by atoms with van der Waals surface area (Å²) in [5, 5.41) is 4.19. The van der Waals surface area contributed by atoms with Gasteiger partial charge in [-0.15, -0.1) is 0 Å². The van der Waals surface area contributed by atoms with Gasteiger partial charge in [-0.05, 0) is 51.4 Å². The van der Waals surface area contributed by atoms with Gasteiger partial charge in [-0.1, -0.05) is 0 Å². The molecule has 12 heavy (non-hydrogen) atoms. The van der Waals surface area contributed by atoms with Crippen molar-refractivity contribution in [2.24, 2.45) is 0 Å². The summed E-state index contributed by atoms with van der Waals surface area (Å²) < 4.78 is 4.73. The summed E-state index contributed by atoms with van der Waals surface area (Å²) in [6.45, 7) is 2.56. The van der Waals surface area contributed by atoms with Crippen molar-refractivity contribution in [3.8, 4) is 0 Å². The average Bonchev–Trinajstić information content (AvgIpc) is 2.37. The fourth-order valence-electron chi connectivity index (χ4n) is 0.877. The van der Waals surface area contributed by atoms with Crippen molar-refractivity contribution in [3.05, 3.63) is 21.9 Å². The zero-order chi connectivity index (χ0) is 8.97. The Hall–Kier alpha value is -0.100. The van der Waals surface area contributed by atoms with E-state index in [0.717, 1.165) is 6.42 Å². The number of halogens is 1. The third-order valence-electron chi connectivity index (χ3n) is 1.55. The molecule has 0 aliphatic carbocycles. The summed E-state index contributed by atoms with van der Waals surface area (Å²) >= 11 is 3.79. The van der Waals surface area contributed by atoms with Crippen LogP contribution in [0.4, 0.5) is 0 Å². The molecule has 0 aromatic carbocycles. The Labute approximate surface area is 89.1 Å². The van der Waals surface area contributed by atoms with Crippen LogP contribution in [0.5, 0.6) is 0 Å². The molecule has 0 bridgehead atoms. The molecule has 1 aromatic rings. The van der Waals surface area contributed by atoms with Gasteiger partial charge in [0, 0.05) is 6.42 Å². The molecule has 1 atom stereocenters. The molecule has 66 valence electrons. The molecule has 0 spiro atoms. The quantitative estimate of drug-likeness (QED) is 0.485. The van der Waals surface area contributed by atoms with Crippen LogP contribution in [0, 0.1) is 6.92 Å². The minimum atomic E-state index is -0.0478. The summed E-state index contributed by atoms with van der Waals surface area (Å²) in [5.74, 6) is 0. The molecule has 0 radical (unpaired) electrons. The molecule has 1 rings (SSSR count). The van der Waals surface area contributed by atoms with Crippen molar-refractivity contribution in [1.29, 1.82) is 0 Å². The first kappa shape index (κ1) is 9.98. The molecule has 0 aliphatic heterocycles. The van der Waals surface area contributed by atoms with Crippen molar-refractivity contribution in [3.63, 3.8) is 0 Å². The van der Waals surface area contributed by atoms with Crippen LogP contribution < -0.4 is 0 Å². The topological polar surface area (TPSA) is 26.3 Å². The lowest BCUT2D eigenvalue weighted by molar-refractivity contribution is -0.129. The average molecular weight is 296 g/mol. The Morgan fingerprint density at radius 2 is 2.50 bits per heavy atom. The Balaban J connectivity index is 2.51. The summed E-state index contributed by atoms with van der Waals surface area (Å²) in [6, 6.07) is 0. The zero-order valence-electron chi connectivity index (χ0n) is 6.62. The van der Waals surface area contributed by atoms with Crippen LogP contribution in [0.3, 0.4) is 0 Å². The predicted molar refractivity (Wildman–Crippen MR) is 57.7 cm³/mol. The van der Waals surface area contributed by atoms with Crippen molar-refractivity contribution in [2.75, 3.05) is 0 Å². The lowest BCUT2D eigenvalue weighted by Crippen LogP contribution is -2.06. The highest BCUT2D eigenvalue weighted by Gasteiger charge is 2.07. The predicted octanol–water partition coefficient (Wildman–Crippen LogP) is 2.53. The van der Waals surface area contributed by atoms with Crippen molar-refractivity contribution in [2.45, 2.75) is 17.5 Å². The fraction of sp³-hybridized carbons (Fsp3) is 0.375. The zero-order valence-corrected chi connectivity index (χ0v) is 9.59. The maximum Gasteiger partial charge on any atom is 0.294 e. The Bertz CT molecular complexity index is 259. The van der Waals surface area contributed by atoms with Crippen LogP contribution in [0.15, 0.2) is 10.8 Å². The number of thiophene rings is 1. The SMILES string of the molecule is Cc1cscc1CC(I)OC=O. The highest BCUT2D eigenvalue weighted by atomic mass is 127. The molecule has 4 heteroatoms. The van der Waals surface area contributed by atoms with E-state index in [9.17, 15) is 4.79 Å². The summed E-state index contributed by atoms with van der Waals surface area (Å²) in [7, 11) is 0.